The first kappa shape index (κ1) is 15.3. The Bertz CT molecular complexity index is 589. The van der Waals surface area contributed by atoms with Gasteiger partial charge in [-0.3, -0.25) is 0 Å². The van der Waals surface area contributed by atoms with Crippen molar-refractivity contribution < 1.29 is 4.74 Å². The molecule has 0 amide bonds. The van der Waals surface area contributed by atoms with Crippen molar-refractivity contribution in [3.63, 3.8) is 0 Å². The van der Waals surface area contributed by atoms with Crippen LogP contribution in [-0.2, 0) is 0 Å². The number of aromatic nitrogens is 1. The Labute approximate surface area is 130 Å². The molecular weight excluding hydrogens is 282 g/mol. The van der Waals surface area contributed by atoms with Gasteiger partial charge >= 0.3 is 0 Å². The number of aryl methyl sites for hydroxylation is 1. The maximum absolute atomic E-state index is 5.67. The van der Waals surface area contributed by atoms with E-state index in [1.54, 1.807) is 0 Å². The monoisotopic (exact) mass is 301 g/mol. The lowest BCUT2D eigenvalue weighted by molar-refractivity contribution is 0.287. The predicted octanol–water partition coefficient (Wildman–Crippen LogP) is 3.14. The van der Waals surface area contributed by atoms with Crippen molar-refractivity contribution in [1.29, 1.82) is 0 Å². The van der Waals surface area contributed by atoms with E-state index in [1.165, 1.54) is 0 Å². The normalized spacial score (nSPS) is 11.5. The Morgan fingerprint density at radius 2 is 1.95 bits per heavy atom. The third-order valence-electron chi connectivity index (χ3n) is 2.75. The van der Waals surface area contributed by atoms with E-state index in [0.29, 0.717) is 11.7 Å². The number of benzene rings is 1. The molecule has 1 aromatic heterocycles. The van der Waals surface area contributed by atoms with Crippen molar-refractivity contribution in [2.75, 3.05) is 11.9 Å². The minimum Gasteiger partial charge on any atom is -0.491 e. The zero-order valence-corrected chi connectivity index (χ0v) is 13.0. The molecule has 1 atom stereocenters. The molecule has 4 nitrogen and oxygen atoms in total. The van der Waals surface area contributed by atoms with Crippen LogP contribution < -0.4 is 15.4 Å². The van der Waals surface area contributed by atoms with E-state index >= 15 is 0 Å². The summed E-state index contributed by atoms with van der Waals surface area (Å²) in [5.41, 5.74) is 0.947. The summed E-state index contributed by atoms with van der Waals surface area (Å²) in [6.45, 7) is 4.49. The van der Waals surface area contributed by atoms with Crippen LogP contribution in [0.4, 0.5) is 5.82 Å². The maximum Gasteiger partial charge on any atom is 0.172 e. The van der Waals surface area contributed by atoms with Gasteiger partial charge in [-0.1, -0.05) is 24.3 Å². The number of hydrogen-bond acceptors (Lipinski definition) is 3. The van der Waals surface area contributed by atoms with Gasteiger partial charge in [0, 0.05) is 5.69 Å². The van der Waals surface area contributed by atoms with Crippen molar-refractivity contribution in [1.82, 2.24) is 10.3 Å². The molecule has 0 saturated heterocycles. The van der Waals surface area contributed by atoms with Crippen LogP contribution in [0.15, 0.2) is 48.5 Å². The molecule has 0 aliphatic carbocycles. The van der Waals surface area contributed by atoms with Gasteiger partial charge in [-0.25, -0.2) is 4.98 Å². The van der Waals surface area contributed by atoms with E-state index in [2.05, 4.69) is 15.6 Å². The molecule has 1 aromatic carbocycles. The van der Waals surface area contributed by atoms with Crippen molar-refractivity contribution in [3.05, 3.63) is 54.2 Å². The van der Waals surface area contributed by atoms with Gasteiger partial charge in [0.25, 0.3) is 0 Å². The fourth-order valence-corrected chi connectivity index (χ4v) is 2.07. The van der Waals surface area contributed by atoms with Crippen molar-refractivity contribution in [2.45, 2.75) is 19.9 Å². The summed E-state index contributed by atoms with van der Waals surface area (Å²) in [5.74, 6) is 1.59. The van der Waals surface area contributed by atoms with Gasteiger partial charge < -0.3 is 15.4 Å². The van der Waals surface area contributed by atoms with Crippen LogP contribution in [0.2, 0.25) is 0 Å². The number of hydrogen-bond donors (Lipinski definition) is 2. The Kier molecular flexibility index (Phi) is 5.51. The lowest BCUT2D eigenvalue weighted by Gasteiger charge is -2.17. The van der Waals surface area contributed by atoms with Crippen molar-refractivity contribution in [2.24, 2.45) is 0 Å². The van der Waals surface area contributed by atoms with Gasteiger partial charge in [-0.05, 0) is 50.3 Å². The van der Waals surface area contributed by atoms with Gasteiger partial charge in [0.2, 0.25) is 0 Å². The molecular formula is C16H19N3OS. The van der Waals surface area contributed by atoms with Crippen LogP contribution >= 0.6 is 12.2 Å². The summed E-state index contributed by atoms with van der Waals surface area (Å²) in [6.07, 6.45) is 0. The highest BCUT2D eigenvalue weighted by atomic mass is 32.1. The first-order valence-corrected chi connectivity index (χ1v) is 7.23. The summed E-state index contributed by atoms with van der Waals surface area (Å²) < 4.78 is 5.67. The van der Waals surface area contributed by atoms with Crippen molar-refractivity contribution in [3.8, 4) is 5.75 Å². The van der Waals surface area contributed by atoms with Crippen LogP contribution in [0.1, 0.15) is 12.6 Å². The molecule has 1 unspecified atom stereocenters. The van der Waals surface area contributed by atoms with E-state index in [0.717, 1.165) is 17.3 Å². The minimum atomic E-state index is 0.0926. The minimum absolute atomic E-state index is 0.0926. The number of rotatable bonds is 5. The number of thiocarbonyl (C=S) groups is 1. The number of nitrogens with zero attached hydrogens (tertiary/aromatic N) is 1. The van der Waals surface area contributed by atoms with E-state index in [9.17, 15) is 0 Å². The van der Waals surface area contributed by atoms with Crippen LogP contribution in [0.5, 0.6) is 5.75 Å². The number of para-hydroxylation sites is 1. The lowest BCUT2D eigenvalue weighted by Crippen LogP contribution is -2.39. The zero-order valence-electron chi connectivity index (χ0n) is 12.2. The third kappa shape index (κ3) is 5.39. The molecule has 0 aliphatic heterocycles. The molecule has 2 N–H and O–H groups in total. The maximum atomic E-state index is 5.67. The number of ether oxygens (including phenoxy) is 1. The second kappa shape index (κ2) is 7.59. The highest BCUT2D eigenvalue weighted by Crippen LogP contribution is 2.08. The predicted molar refractivity (Wildman–Crippen MR) is 89.7 cm³/mol. The van der Waals surface area contributed by atoms with Crippen LogP contribution in [0.25, 0.3) is 0 Å². The Balaban J connectivity index is 1.77. The van der Waals surface area contributed by atoms with E-state index in [4.69, 9.17) is 17.0 Å². The van der Waals surface area contributed by atoms with Gasteiger partial charge in [0.05, 0.1) is 6.04 Å². The zero-order chi connectivity index (χ0) is 15.1. The van der Waals surface area contributed by atoms with Gasteiger partial charge in [0.15, 0.2) is 5.11 Å². The Morgan fingerprint density at radius 1 is 1.19 bits per heavy atom. The molecule has 21 heavy (non-hydrogen) atoms. The first-order chi connectivity index (χ1) is 10.1. The number of nitrogens with one attached hydrogen (secondary N) is 2. The van der Waals surface area contributed by atoms with Gasteiger partial charge in [0.1, 0.15) is 18.2 Å². The summed E-state index contributed by atoms with van der Waals surface area (Å²) in [5, 5.41) is 6.78. The van der Waals surface area contributed by atoms with Gasteiger partial charge in [-0.15, -0.1) is 0 Å². The topological polar surface area (TPSA) is 46.2 Å². The second-order valence-electron chi connectivity index (χ2n) is 4.79. The summed E-state index contributed by atoms with van der Waals surface area (Å²) >= 11 is 5.27. The standard InChI is InChI=1S/C16H19N3OS/c1-12-7-6-10-15(17-12)19-16(21)18-13(2)11-20-14-8-4-3-5-9-14/h3-10,13H,11H2,1-2H3,(H2,17,18,19,21). The fourth-order valence-electron chi connectivity index (χ4n) is 1.77. The van der Waals surface area contributed by atoms with Crippen LogP contribution in [-0.4, -0.2) is 22.7 Å². The summed E-state index contributed by atoms with van der Waals surface area (Å²) in [7, 11) is 0. The molecule has 0 bridgehead atoms. The van der Waals surface area contributed by atoms with E-state index in [1.807, 2.05) is 62.4 Å². The van der Waals surface area contributed by atoms with Crippen LogP contribution in [0, 0.1) is 6.92 Å². The number of pyridine rings is 1. The lowest BCUT2D eigenvalue weighted by atomic mass is 10.3. The second-order valence-corrected chi connectivity index (χ2v) is 5.20. The highest BCUT2D eigenvalue weighted by molar-refractivity contribution is 7.80. The van der Waals surface area contributed by atoms with Crippen molar-refractivity contribution >= 4 is 23.1 Å². The summed E-state index contributed by atoms with van der Waals surface area (Å²) in [6, 6.07) is 15.6. The molecule has 0 saturated carbocycles. The molecule has 2 aromatic rings. The van der Waals surface area contributed by atoms with Gasteiger partial charge in [-0.2, -0.15) is 0 Å². The molecule has 2 rings (SSSR count). The largest absolute Gasteiger partial charge is 0.491 e. The highest BCUT2D eigenvalue weighted by Gasteiger charge is 2.06. The summed E-state index contributed by atoms with van der Waals surface area (Å²) in [4.78, 5) is 4.34. The quantitative estimate of drug-likeness (QED) is 0.831. The smallest absolute Gasteiger partial charge is 0.172 e. The average molecular weight is 301 g/mol. The molecule has 5 heteroatoms. The van der Waals surface area contributed by atoms with E-state index in [-0.39, 0.29) is 6.04 Å². The molecule has 0 spiro atoms. The van der Waals surface area contributed by atoms with E-state index < -0.39 is 0 Å². The molecule has 0 fully saturated rings. The Hall–Kier alpha value is -2.14. The molecule has 1 heterocycles. The van der Waals surface area contributed by atoms with Crippen LogP contribution in [0.3, 0.4) is 0 Å². The Morgan fingerprint density at radius 3 is 2.67 bits per heavy atom. The molecule has 0 aliphatic rings. The molecule has 110 valence electrons. The fraction of sp³-hybridized carbons (Fsp3) is 0.250. The first-order valence-electron chi connectivity index (χ1n) is 6.82. The SMILES string of the molecule is Cc1cccc(NC(=S)NC(C)COc2ccccc2)n1. The number of anilines is 1. The molecule has 0 radical (unpaired) electrons. The third-order valence-corrected chi connectivity index (χ3v) is 2.97. The average Bonchev–Trinajstić information content (AvgIpc) is 2.46.